The minimum atomic E-state index is -0.199. The average Bonchev–Trinajstić information content (AvgIpc) is 2.67. The highest BCUT2D eigenvalue weighted by molar-refractivity contribution is 5.78. The SMILES string of the molecule is CCOC(=O)CCCNC(=O)CN1C2CCC1CC(N)C2. The number of esters is 1. The van der Waals surface area contributed by atoms with Gasteiger partial charge in [-0.3, -0.25) is 14.5 Å². The van der Waals surface area contributed by atoms with E-state index in [0.29, 0.717) is 50.7 Å². The van der Waals surface area contributed by atoms with Gasteiger partial charge >= 0.3 is 5.97 Å². The molecule has 2 bridgehead atoms. The number of hydrogen-bond donors (Lipinski definition) is 2. The van der Waals surface area contributed by atoms with Crippen LogP contribution in [-0.4, -0.2) is 54.6 Å². The number of hydrogen-bond acceptors (Lipinski definition) is 5. The molecule has 2 rings (SSSR count). The van der Waals surface area contributed by atoms with Gasteiger partial charge < -0.3 is 15.8 Å². The Morgan fingerprint density at radius 2 is 1.95 bits per heavy atom. The van der Waals surface area contributed by atoms with E-state index in [2.05, 4.69) is 10.2 Å². The maximum Gasteiger partial charge on any atom is 0.305 e. The number of fused-ring (bicyclic) bond motifs is 2. The number of nitrogens with zero attached hydrogens (tertiary/aromatic N) is 1. The van der Waals surface area contributed by atoms with Crippen LogP contribution in [0.5, 0.6) is 0 Å². The smallest absolute Gasteiger partial charge is 0.305 e. The van der Waals surface area contributed by atoms with Crippen molar-refractivity contribution in [2.45, 2.75) is 63.6 Å². The van der Waals surface area contributed by atoms with Crippen LogP contribution in [0, 0.1) is 0 Å². The summed E-state index contributed by atoms with van der Waals surface area (Å²) in [5, 5.41) is 2.89. The summed E-state index contributed by atoms with van der Waals surface area (Å²) in [5.41, 5.74) is 6.03. The first-order chi connectivity index (χ1) is 10.1. The quantitative estimate of drug-likeness (QED) is 0.525. The number of rotatable bonds is 7. The second kappa shape index (κ2) is 7.75. The molecule has 2 saturated heterocycles. The van der Waals surface area contributed by atoms with Crippen LogP contribution in [0.1, 0.15) is 45.4 Å². The molecule has 3 N–H and O–H groups in total. The standard InChI is InChI=1S/C15H27N3O3/c1-2-21-15(20)4-3-7-17-14(19)10-18-12-5-6-13(18)9-11(16)8-12/h11-13H,2-10,16H2,1H3,(H,17,19). The highest BCUT2D eigenvalue weighted by Gasteiger charge is 2.40. The molecule has 0 radical (unpaired) electrons. The van der Waals surface area contributed by atoms with Gasteiger partial charge in [-0.25, -0.2) is 0 Å². The van der Waals surface area contributed by atoms with E-state index in [9.17, 15) is 9.59 Å². The number of nitrogens with one attached hydrogen (secondary N) is 1. The van der Waals surface area contributed by atoms with E-state index in [1.807, 2.05) is 0 Å². The Hall–Kier alpha value is -1.14. The lowest BCUT2D eigenvalue weighted by Gasteiger charge is -2.37. The van der Waals surface area contributed by atoms with Gasteiger partial charge in [-0.1, -0.05) is 0 Å². The summed E-state index contributed by atoms with van der Waals surface area (Å²) in [7, 11) is 0. The Labute approximate surface area is 126 Å². The predicted molar refractivity (Wildman–Crippen MR) is 79.6 cm³/mol. The second-order valence-electron chi connectivity index (χ2n) is 6.05. The molecule has 0 aromatic rings. The molecule has 0 spiro atoms. The van der Waals surface area contributed by atoms with E-state index in [-0.39, 0.29) is 11.9 Å². The Morgan fingerprint density at radius 1 is 1.29 bits per heavy atom. The normalized spacial score (nSPS) is 28.4. The topological polar surface area (TPSA) is 84.7 Å². The fourth-order valence-electron chi connectivity index (χ4n) is 3.49. The van der Waals surface area contributed by atoms with Gasteiger partial charge in [0.05, 0.1) is 13.2 Å². The lowest BCUT2D eigenvalue weighted by Crippen LogP contribution is -2.50. The highest BCUT2D eigenvalue weighted by Crippen LogP contribution is 2.34. The molecule has 6 heteroatoms. The minimum absolute atomic E-state index is 0.0474. The van der Waals surface area contributed by atoms with Crippen LogP contribution in [0.25, 0.3) is 0 Å². The molecule has 0 aliphatic carbocycles. The zero-order valence-electron chi connectivity index (χ0n) is 12.8. The van der Waals surface area contributed by atoms with Crippen molar-refractivity contribution in [3.8, 4) is 0 Å². The van der Waals surface area contributed by atoms with Crippen molar-refractivity contribution in [1.82, 2.24) is 10.2 Å². The summed E-state index contributed by atoms with van der Waals surface area (Å²) in [5.74, 6) is -0.152. The zero-order chi connectivity index (χ0) is 15.2. The second-order valence-corrected chi connectivity index (χ2v) is 6.05. The van der Waals surface area contributed by atoms with E-state index in [1.54, 1.807) is 6.92 Å². The maximum atomic E-state index is 12.0. The third-order valence-electron chi connectivity index (χ3n) is 4.43. The molecule has 2 atom stereocenters. The van der Waals surface area contributed by atoms with Crippen LogP contribution in [0.15, 0.2) is 0 Å². The van der Waals surface area contributed by atoms with Gasteiger partial charge in [0.1, 0.15) is 0 Å². The van der Waals surface area contributed by atoms with Crippen LogP contribution in [-0.2, 0) is 14.3 Å². The summed E-state index contributed by atoms with van der Waals surface area (Å²) in [6.45, 7) is 3.19. The van der Waals surface area contributed by atoms with Gasteiger partial charge in [0.15, 0.2) is 0 Å². The number of carbonyl (C=O) groups excluding carboxylic acids is 2. The first-order valence-electron chi connectivity index (χ1n) is 8.03. The molecule has 2 aliphatic heterocycles. The lowest BCUT2D eigenvalue weighted by atomic mass is 9.98. The highest BCUT2D eigenvalue weighted by atomic mass is 16.5. The molecule has 120 valence electrons. The summed E-state index contributed by atoms with van der Waals surface area (Å²) in [6, 6.07) is 1.25. The molecular weight excluding hydrogens is 270 g/mol. The first-order valence-corrected chi connectivity index (χ1v) is 8.03. The summed E-state index contributed by atoms with van der Waals surface area (Å²) in [6.07, 6.45) is 5.32. The van der Waals surface area contributed by atoms with Crippen LogP contribution in [0.2, 0.25) is 0 Å². The monoisotopic (exact) mass is 297 g/mol. The van der Waals surface area contributed by atoms with E-state index in [0.717, 1.165) is 25.7 Å². The predicted octanol–water partition coefficient (Wildman–Crippen LogP) is 0.400. The number of piperidine rings is 1. The fraction of sp³-hybridized carbons (Fsp3) is 0.867. The number of nitrogens with two attached hydrogens (primary N) is 1. The maximum absolute atomic E-state index is 12.0. The Kier molecular flexibility index (Phi) is 5.99. The van der Waals surface area contributed by atoms with Crippen LogP contribution < -0.4 is 11.1 Å². The molecule has 1 amide bonds. The molecule has 2 unspecified atom stereocenters. The molecular formula is C15H27N3O3. The van der Waals surface area contributed by atoms with Crippen molar-refractivity contribution in [3.63, 3.8) is 0 Å². The van der Waals surface area contributed by atoms with Crippen molar-refractivity contribution in [2.24, 2.45) is 5.73 Å². The van der Waals surface area contributed by atoms with E-state index in [1.165, 1.54) is 0 Å². The minimum Gasteiger partial charge on any atom is -0.466 e. The average molecular weight is 297 g/mol. The van der Waals surface area contributed by atoms with Crippen molar-refractivity contribution >= 4 is 11.9 Å². The van der Waals surface area contributed by atoms with Gasteiger partial charge in [-0.05, 0) is 39.0 Å². The van der Waals surface area contributed by atoms with Crippen molar-refractivity contribution in [2.75, 3.05) is 19.7 Å². The fourth-order valence-corrected chi connectivity index (χ4v) is 3.49. The van der Waals surface area contributed by atoms with Crippen LogP contribution in [0.3, 0.4) is 0 Å². The van der Waals surface area contributed by atoms with E-state index < -0.39 is 0 Å². The summed E-state index contributed by atoms with van der Waals surface area (Å²) >= 11 is 0. The van der Waals surface area contributed by atoms with Crippen molar-refractivity contribution in [3.05, 3.63) is 0 Å². The molecule has 2 fully saturated rings. The molecule has 2 heterocycles. The van der Waals surface area contributed by atoms with Crippen LogP contribution >= 0.6 is 0 Å². The van der Waals surface area contributed by atoms with E-state index in [4.69, 9.17) is 10.5 Å². The number of ether oxygens (including phenoxy) is 1. The summed E-state index contributed by atoms with van der Waals surface area (Å²) < 4.78 is 4.85. The molecule has 0 saturated carbocycles. The van der Waals surface area contributed by atoms with Crippen LogP contribution in [0.4, 0.5) is 0 Å². The van der Waals surface area contributed by atoms with Gasteiger partial charge in [0.25, 0.3) is 0 Å². The Balaban J connectivity index is 1.63. The molecule has 21 heavy (non-hydrogen) atoms. The van der Waals surface area contributed by atoms with Crippen molar-refractivity contribution in [1.29, 1.82) is 0 Å². The molecule has 2 aliphatic rings. The molecule has 0 aromatic heterocycles. The van der Waals surface area contributed by atoms with Gasteiger partial charge in [0, 0.05) is 31.1 Å². The van der Waals surface area contributed by atoms with Gasteiger partial charge in [-0.2, -0.15) is 0 Å². The van der Waals surface area contributed by atoms with Gasteiger partial charge in [0.2, 0.25) is 5.91 Å². The molecule has 0 aromatic carbocycles. The number of carbonyl (C=O) groups is 2. The first kappa shape index (κ1) is 16.2. The number of amides is 1. The van der Waals surface area contributed by atoms with E-state index >= 15 is 0 Å². The third-order valence-corrected chi connectivity index (χ3v) is 4.43. The largest absolute Gasteiger partial charge is 0.466 e. The Morgan fingerprint density at radius 3 is 2.57 bits per heavy atom. The third kappa shape index (κ3) is 4.68. The zero-order valence-corrected chi connectivity index (χ0v) is 12.8. The summed E-state index contributed by atoms with van der Waals surface area (Å²) in [4.78, 5) is 25.5. The Bertz CT molecular complexity index is 361. The van der Waals surface area contributed by atoms with Gasteiger partial charge in [-0.15, -0.1) is 0 Å². The molecule has 6 nitrogen and oxygen atoms in total. The van der Waals surface area contributed by atoms with Crippen molar-refractivity contribution < 1.29 is 14.3 Å². The lowest BCUT2D eigenvalue weighted by molar-refractivity contribution is -0.143.